The van der Waals surface area contributed by atoms with Gasteiger partial charge in [0.2, 0.25) is 0 Å². The van der Waals surface area contributed by atoms with Gasteiger partial charge in [0.25, 0.3) is 5.56 Å². The highest BCUT2D eigenvalue weighted by Crippen LogP contribution is 2.28. The molecule has 20 heavy (non-hydrogen) atoms. The van der Waals surface area contributed by atoms with E-state index in [1.54, 1.807) is 18.2 Å². The van der Waals surface area contributed by atoms with E-state index in [0.717, 1.165) is 5.56 Å². The van der Waals surface area contributed by atoms with Crippen LogP contribution in [-0.2, 0) is 6.42 Å². The highest BCUT2D eigenvalue weighted by Gasteiger charge is 2.12. The number of halogens is 1. The summed E-state index contributed by atoms with van der Waals surface area (Å²) in [5.41, 5.74) is 1.59. The maximum absolute atomic E-state index is 12.1. The summed E-state index contributed by atoms with van der Waals surface area (Å²) in [6, 6.07) is 14.6. The van der Waals surface area contributed by atoms with Gasteiger partial charge in [0.1, 0.15) is 5.75 Å². The highest BCUT2D eigenvalue weighted by atomic mass is 35.5. The molecule has 3 nitrogen and oxygen atoms in total. The second kappa shape index (κ2) is 5.02. The molecule has 2 aromatic carbocycles. The molecule has 3 rings (SSSR count). The molecule has 4 heteroatoms. The summed E-state index contributed by atoms with van der Waals surface area (Å²) in [5, 5.41) is 11.4. The van der Waals surface area contributed by atoms with E-state index in [1.165, 1.54) is 0 Å². The molecule has 100 valence electrons. The summed E-state index contributed by atoms with van der Waals surface area (Å²) in [6.45, 7) is 0. The number of nitrogens with one attached hydrogen (secondary N) is 1. The van der Waals surface area contributed by atoms with Gasteiger partial charge in [-0.15, -0.1) is 0 Å². The summed E-state index contributed by atoms with van der Waals surface area (Å²) >= 11 is 5.89. The average Bonchev–Trinajstić information content (AvgIpc) is 2.44. The van der Waals surface area contributed by atoms with Gasteiger partial charge < -0.3 is 10.1 Å². The van der Waals surface area contributed by atoms with Crippen molar-refractivity contribution in [2.45, 2.75) is 6.42 Å². The lowest BCUT2D eigenvalue weighted by Gasteiger charge is -2.08. The van der Waals surface area contributed by atoms with Gasteiger partial charge in [-0.3, -0.25) is 4.79 Å². The first-order chi connectivity index (χ1) is 9.65. The van der Waals surface area contributed by atoms with Crippen molar-refractivity contribution < 1.29 is 5.11 Å². The fourth-order valence-electron chi connectivity index (χ4n) is 2.26. The predicted octanol–water partition coefficient (Wildman–Crippen LogP) is 3.48. The second-order valence-corrected chi connectivity index (χ2v) is 5.07. The Morgan fingerprint density at radius 3 is 2.60 bits per heavy atom. The maximum Gasteiger partial charge on any atom is 0.255 e. The van der Waals surface area contributed by atoms with Crippen LogP contribution in [0.25, 0.3) is 10.9 Å². The molecule has 1 heterocycles. The highest BCUT2D eigenvalue weighted by molar-refractivity contribution is 6.31. The Hall–Kier alpha value is -2.26. The van der Waals surface area contributed by atoms with Gasteiger partial charge in [-0.1, -0.05) is 41.9 Å². The van der Waals surface area contributed by atoms with Gasteiger partial charge in [0, 0.05) is 16.8 Å². The minimum absolute atomic E-state index is 0.0178. The molecule has 1 aromatic heterocycles. The Bertz CT molecular complexity index is 825. The molecule has 0 aliphatic carbocycles. The van der Waals surface area contributed by atoms with Crippen LogP contribution in [0, 0.1) is 0 Å². The second-order valence-electron chi connectivity index (χ2n) is 4.63. The van der Waals surface area contributed by atoms with Crippen molar-refractivity contribution in [1.82, 2.24) is 4.98 Å². The SMILES string of the molecule is O=c1[nH]c2cc(Cl)ccc2c(O)c1Cc1ccccc1. The van der Waals surface area contributed by atoms with Gasteiger partial charge in [-0.2, -0.15) is 0 Å². The third kappa shape index (κ3) is 2.28. The van der Waals surface area contributed by atoms with Crippen LogP contribution in [-0.4, -0.2) is 10.1 Å². The zero-order valence-electron chi connectivity index (χ0n) is 10.6. The standard InChI is InChI=1S/C16H12ClNO2/c17-11-6-7-12-14(9-11)18-16(20)13(15(12)19)8-10-4-2-1-3-5-10/h1-7,9H,8H2,(H2,18,19,20). The number of benzene rings is 2. The van der Waals surface area contributed by atoms with Gasteiger partial charge >= 0.3 is 0 Å². The Labute approximate surface area is 120 Å². The van der Waals surface area contributed by atoms with E-state index in [-0.39, 0.29) is 11.3 Å². The molecule has 0 spiro atoms. The number of rotatable bonds is 2. The molecular weight excluding hydrogens is 274 g/mol. The van der Waals surface area contributed by atoms with Crippen LogP contribution in [0.1, 0.15) is 11.1 Å². The average molecular weight is 286 g/mol. The quantitative estimate of drug-likeness (QED) is 0.757. The van der Waals surface area contributed by atoms with Crippen LogP contribution >= 0.6 is 11.6 Å². The molecule has 0 aliphatic heterocycles. The number of pyridine rings is 1. The fourth-order valence-corrected chi connectivity index (χ4v) is 2.43. The van der Waals surface area contributed by atoms with E-state index >= 15 is 0 Å². The molecular formula is C16H12ClNO2. The van der Waals surface area contributed by atoms with Crippen LogP contribution < -0.4 is 5.56 Å². The molecule has 3 aromatic rings. The minimum Gasteiger partial charge on any atom is -0.507 e. The van der Waals surface area contributed by atoms with Crippen LogP contribution in [0.4, 0.5) is 0 Å². The van der Waals surface area contributed by atoms with Gasteiger partial charge in [0.05, 0.1) is 11.1 Å². The lowest BCUT2D eigenvalue weighted by atomic mass is 10.0. The van der Waals surface area contributed by atoms with Crippen molar-refractivity contribution in [2.75, 3.05) is 0 Å². The van der Waals surface area contributed by atoms with Crippen LogP contribution in [0.3, 0.4) is 0 Å². The number of hydrogen-bond donors (Lipinski definition) is 2. The summed E-state index contributed by atoms with van der Waals surface area (Å²) in [4.78, 5) is 14.9. The monoisotopic (exact) mass is 285 g/mol. The van der Waals surface area contributed by atoms with E-state index in [2.05, 4.69) is 4.98 Å². The number of aromatic amines is 1. The fraction of sp³-hybridized carbons (Fsp3) is 0.0625. The molecule has 0 atom stereocenters. The van der Waals surface area contributed by atoms with Crippen molar-refractivity contribution in [2.24, 2.45) is 0 Å². The van der Waals surface area contributed by atoms with Gasteiger partial charge in [-0.05, 0) is 23.8 Å². The van der Waals surface area contributed by atoms with Crippen molar-refractivity contribution in [3.63, 3.8) is 0 Å². The third-order valence-corrected chi connectivity index (χ3v) is 3.50. The van der Waals surface area contributed by atoms with Gasteiger partial charge in [-0.25, -0.2) is 0 Å². The van der Waals surface area contributed by atoms with Crippen molar-refractivity contribution in [3.8, 4) is 5.75 Å². The summed E-state index contributed by atoms with van der Waals surface area (Å²) in [7, 11) is 0. The van der Waals surface area contributed by atoms with Crippen molar-refractivity contribution in [3.05, 3.63) is 75.0 Å². The van der Waals surface area contributed by atoms with E-state index < -0.39 is 0 Å². The lowest BCUT2D eigenvalue weighted by molar-refractivity contribution is 0.474. The first kappa shape index (κ1) is 12.8. The lowest BCUT2D eigenvalue weighted by Crippen LogP contribution is -2.13. The minimum atomic E-state index is -0.291. The number of fused-ring (bicyclic) bond motifs is 1. The predicted molar refractivity (Wildman–Crippen MR) is 80.5 cm³/mol. The number of H-pyrrole nitrogens is 1. The molecule has 0 radical (unpaired) electrons. The molecule has 0 saturated heterocycles. The number of hydrogen-bond acceptors (Lipinski definition) is 2. The zero-order chi connectivity index (χ0) is 14.1. The largest absolute Gasteiger partial charge is 0.507 e. The topological polar surface area (TPSA) is 53.1 Å². The van der Waals surface area contributed by atoms with Crippen molar-refractivity contribution in [1.29, 1.82) is 0 Å². The summed E-state index contributed by atoms with van der Waals surface area (Å²) < 4.78 is 0. The molecule has 0 amide bonds. The summed E-state index contributed by atoms with van der Waals surface area (Å²) in [5.74, 6) is 0.0178. The van der Waals surface area contributed by atoms with Crippen LogP contribution in [0.5, 0.6) is 5.75 Å². The molecule has 0 aliphatic rings. The Morgan fingerprint density at radius 2 is 1.85 bits per heavy atom. The molecule has 0 bridgehead atoms. The van der Waals surface area contributed by atoms with Crippen LogP contribution in [0.2, 0.25) is 5.02 Å². The van der Waals surface area contributed by atoms with E-state index in [1.807, 2.05) is 30.3 Å². The number of aromatic hydroxyl groups is 1. The Balaban J connectivity index is 2.16. The van der Waals surface area contributed by atoms with E-state index in [4.69, 9.17) is 11.6 Å². The first-order valence-electron chi connectivity index (χ1n) is 6.22. The first-order valence-corrected chi connectivity index (χ1v) is 6.60. The van der Waals surface area contributed by atoms with Gasteiger partial charge in [0.15, 0.2) is 0 Å². The molecule has 0 saturated carbocycles. The van der Waals surface area contributed by atoms with Crippen molar-refractivity contribution >= 4 is 22.5 Å². The summed E-state index contributed by atoms with van der Waals surface area (Å²) in [6.07, 6.45) is 0.389. The zero-order valence-corrected chi connectivity index (χ0v) is 11.3. The van der Waals surface area contributed by atoms with E-state index in [0.29, 0.717) is 27.9 Å². The van der Waals surface area contributed by atoms with E-state index in [9.17, 15) is 9.90 Å². The smallest absolute Gasteiger partial charge is 0.255 e. The van der Waals surface area contributed by atoms with Crippen LogP contribution in [0.15, 0.2) is 53.3 Å². The Morgan fingerprint density at radius 1 is 1.10 bits per heavy atom. The maximum atomic E-state index is 12.1. The molecule has 2 N–H and O–H groups in total. The third-order valence-electron chi connectivity index (χ3n) is 3.27. The number of aromatic nitrogens is 1. The molecule has 0 unspecified atom stereocenters. The normalized spacial score (nSPS) is 10.8. The Kier molecular flexibility index (Phi) is 3.20. The molecule has 0 fully saturated rings.